The summed E-state index contributed by atoms with van der Waals surface area (Å²) in [5.74, 6) is -0.920. The maximum absolute atomic E-state index is 13.3. The number of urea groups is 1. The minimum atomic E-state index is -0.474. The topological polar surface area (TPSA) is 87.2 Å². The first-order chi connectivity index (χ1) is 14.9. The number of halogens is 2. The van der Waals surface area contributed by atoms with Crippen LogP contribution in [0.4, 0.5) is 20.6 Å². The maximum Gasteiger partial charge on any atom is 0.322 e. The summed E-state index contributed by atoms with van der Waals surface area (Å²) in [5.41, 5.74) is 1.89. The smallest absolute Gasteiger partial charge is 0.320 e. The predicted molar refractivity (Wildman–Crippen MR) is 118 cm³/mol. The van der Waals surface area contributed by atoms with Crippen molar-refractivity contribution in [1.82, 2.24) is 15.1 Å². The van der Waals surface area contributed by atoms with Crippen LogP contribution in [0.3, 0.4) is 0 Å². The summed E-state index contributed by atoms with van der Waals surface area (Å²) >= 11 is 7.17. The number of benzene rings is 2. The third kappa shape index (κ3) is 4.83. The molecule has 1 aliphatic rings. The second kappa shape index (κ2) is 8.99. The first-order valence-corrected chi connectivity index (χ1v) is 10.8. The number of carbonyl (C=O) groups is 2. The minimum absolute atomic E-state index is 0.150. The number of hydrogen-bond acceptors (Lipinski definition) is 5. The van der Waals surface area contributed by atoms with Gasteiger partial charge < -0.3 is 15.5 Å². The van der Waals surface area contributed by atoms with E-state index in [2.05, 4.69) is 20.8 Å². The van der Waals surface area contributed by atoms with Gasteiger partial charge in [0.1, 0.15) is 10.8 Å². The third-order valence-corrected chi connectivity index (χ3v) is 6.22. The van der Waals surface area contributed by atoms with E-state index in [1.165, 1.54) is 18.2 Å². The molecule has 1 atom stereocenters. The Kier molecular flexibility index (Phi) is 6.15. The molecule has 31 heavy (non-hydrogen) atoms. The molecule has 10 heteroatoms. The summed E-state index contributed by atoms with van der Waals surface area (Å²) < 4.78 is 13.3. The van der Waals surface area contributed by atoms with Gasteiger partial charge in [0, 0.05) is 22.9 Å². The van der Waals surface area contributed by atoms with Crippen molar-refractivity contribution in [3.05, 3.63) is 68.9 Å². The Balaban J connectivity index is 1.46. The van der Waals surface area contributed by atoms with Crippen molar-refractivity contribution in [2.75, 3.05) is 17.2 Å². The highest BCUT2D eigenvalue weighted by atomic mass is 35.5. The molecule has 0 bridgehead atoms. The quantitative estimate of drug-likeness (QED) is 0.557. The number of anilines is 2. The number of rotatable bonds is 4. The van der Waals surface area contributed by atoms with E-state index >= 15 is 0 Å². The zero-order valence-corrected chi connectivity index (χ0v) is 18.1. The molecule has 1 fully saturated rings. The molecular weight excluding hydrogens is 441 g/mol. The van der Waals surface area contributed by atoms with Crippen molar-refractivity contribution in [3.63, 3.8) is 0 Å². The van der Waals surface area contributed by atoms with Gasteiger partial charge in [-0.2, -0.15) is 0 Å². The van der Waals surface area contributed by atoms with Gasteiger partial charge in [0.05, 0.1) is 6.04 Å². The lowest BCUT2D eigenvalue weighted by Crippen LogP contribution is -2.34. The summed E-state index contributed by atoms with van der Waals surface area (Å²) in [7, 11) is 0. The third-order valence-electron chi connectivity index (χ3n) is 4.96. The molecule has 7 nitrogen and oxygen atoms in total. The molecule has 2 heterocycles. The van der Waals surface area contributed by atoms with Crippen molar-refractivity contribution >= 4 is 46.3 Å². The monoisotopic (exact) mass is 459 g/mol. The van der Waals surface area contributed by atoms with Gasteiger partial charge in [0.2, 0.25) is 5.01 Å². The van der Waals surface area contributed by atoms with Crippen LogP contribution < -0.4 is 10.6 Å². The zero-order valence-electron chi connectivity index (χ0n) is 16.6. The zero-order chi connectivity index (χ0) is 22.0. The van der Waals surface area contributed by atoms with Crippen LogP contribution in [0.15, 0.2) is 42.5 Å². The van der Waals surface area contributed by atoms with Crippen molar-refractivity contribution in [2.24, 2.45) is 0 Å². The molecule has 160 valence electrons. The number of hydrogen-bond donors (Lipinski definition) is 2. The summed E-state index contributed by atoms with van der Waals surface area (Å²) in [6, 6.07) is 10.4. The number of nitrogens with zero attached hydrogens (tertiary/aromatic N) is 3. The van der Waals surface area contributed by atoms with E-state index in [-0.39, 0.29) is 17.1 Å². The Labute approximate surface area is 187 Å². The van der Waals surface area contributed by atoms with E-state index < -0.39 is 11.7 Å². The van der Waals surface area contributed by atoms with Crippen LogP contribution in [0, 0.1) is 12.7 Å². The Bertz CT molecular complexity index is 1140. The average Bonchev–Trinajstić information content (AvgIpc) is 3.40. The van der Waals surface area contributed by atoms with E-state index in [0.29, 0.717) is 27.9 Å². The van der Waals surface area contributed by atoms with E-state index in [1.54, 1.807) is 23.1 Å². The second-order valence-corrected chi connectivity index (χ2v) is 8.60. The van der Waals surface area contributed by atoms with E-state index in [0.717, 1.165) is 29.7 Å². The summed E-state index contributed by atoms with van der Waals surface area (Å²) in [6.45, 7) is 2.46. The highest BCUT2D eigenvalue weighted by molar-refractivity contribution is 7.13. The molecule has 1 aliphatic heterocycles. The highest BCUT2D eigenvalue weighted by Crippen LogP contribution is 2.34. The first kappa shape index (κ1) is 21.2. The average molecular weight is 460 g/mol. The SMILES string of the molecule is Cc1ccc(Cl)cc1NC(=O)N1CCCC1c1nnc(C(=O)Nc2cccc(F)c2)s1. The molecule has 2 aromatic carbocycles. The molecule has 4 rings (SSSR count). The molecule has 0 spiro atoms. The molecule has 3 aromatic rings. The van der Waals surface area contributed by atoms with Gasteiger partial charge >= 0.3 is 6.03 Å². The molecule has 0 radical (unpaired) electrons. The summed E-state index contributed by atoms with van der Waals surface area (Å²) in [5, 5.41) is 14.9. The van der Waals surface area contributed by atoms with Crippen LogP contribution in [-0.4, -0.2) is 33.6 Å². The summed E-state index contributed by atoms with van der Waals surface area (Å²) in [4.78, 5) is 27.0. The lowest BCUT2D eigenvalue weighted by molar-refractivity contribution is 0.102. The van der Waals surface area contributed by atoms with Crippen molar-refractivity contribution in [3.8, 4) is 0 Å². The number of likely N-dealkylation sites (tertiary alicyclic amines) is 1. The van der Waals surface area contributed by atoms with E-state index in [4.69, 9.17) is 11.6 Å². The number of aryl methyl sites for hydroxylation is 1. The van der Waals surface area contributed by atoms with Crippen LogP contribution in [0.2, 0.25) is 5.02 Å². The van der Waals surface area contributed by atoms with Gasteiger partial charge in [-0.3, -0.25) is 4.79 Å². The molecule has 2 N–H and O–H groups in total. The number of aromatic nitrogens is 2. The first-order valence-electron chi connectivity index (χ1n) is 9.65. The fourth-order valence-electron chi connectivity index (χ4n) is 3.39. The number of carbonyl (C=O) groups excluding carboxylic acids is 2. The molecule has 1 aromatic heterocycles. The van der Waals surface area contributed by atoms with Crippen LogP contribution in [0.1, 0.15) is 39.3 Å². The molecule has 3 amide bonds. The van der Waals surface area contributed by atoms with Crippen molar-refractivity contribution in [2.45, 2.75) is 25.8 Å². The van der Waals surface area contributed by atoms with Crippen LogP contribution in [-0.2, 0) is 0 Å². The lowest BCUT2D eigenvalue weighted by Gasteiger charge is -2.23. The van der Waals surface area contributed by atoms with Gasteiger partial charge in [-0.15, -0.1) is 10.2 Å². The minimum Gasteiger partial charge on any atom is -0.320 e. The van der Waals surface area contributed by atoms with Gasteiger partial charge in [-0.25, -0.2) is 9.18 Å². The molecule has 0 aliphatic carbocycles. The lowest BCUT2D eigenvalue weighted by atomic mass is 10.2. The van der Waals surface area contributed by atoms with Gasteiger partial charge in [0.25, 0.3) is 5.91 Å². The fourth-order valence-corrected chi connectivity index (χ4v) is 4.45. The Morgan fingerprint density at radius 1 is 1.19 bits per heavy atom. The Morgan fingerprint density at radius 2 is 2.03 bits per heavy atom. The van der Waals surface area contributed by atoms with Crippen LogP contribution in [0.5, 0.6) is 0 Å². The second-order valence-electron chi connectivity index (χ2n) is 7.15. The van der Waals surface area contributed by atoms with E-state index in [9.17, 15) is 14.0 Å². The Hall–Kier alpha value is -3.04. The molecule has 1 saturated heterocycles. The molecule has 0 saturated carbocycles. The van der Waals surface area contributed by atoms with Crippen LogP contribution in [0.25, 0.3) is 0 Å². The largest absolute Gasteiger partial charge is 0.322 e. The highest BCUT2D eigenvalue weighted by Gasteiger charge is 2.33. The fraction of sp³-hybridized carbons (Fsp3) is 0.238. The van der Waals surface area contributed by atoms with Gasteiger partial charge in [0.15, 0.2) is 0 Å². The standard InChI is InChI=1S/C21H19ClFN5O2S/c1-12-7-8-13(22)10-16(12)25-21(30)28-9-3-6-17(28)19-26-27-20(31-19)18(29)24-15-5-2-4-14(23)11-15/h2,4-5,7-8,10-11,17H,3,6,9H2,1H3,(H,24,29)(H,25,30). The maximum atomic E-state index is 13.3. The predicted octanol–water partition coefficient (Wildman–Crippen LogP) is 5.26. The summed E-state index contributed by atoms with van der Waals surface area (Å²) in [6.07, 6.45) is 1.54. The van der Waals surface area contributed by atoms with Gasteiger partial charge in [-0.1, -0.05) is 35.1 Å². The number of amides is 3. The molecular formula is C21H19ClFN5O2S. The number of nitrogens with one attached hydrogen (secondary N) is 2. The van der Waals surface area contributed by atoms with Crippen LogP contribution >= 0.6 is 22.9 Å². The van der Waals surface area contributed by atoms with Crippen molar-refractivity contribution < 1.29 is 14.0 Å². The normalized spacial score (nSPS) is 15.7. The van der Waals surface area contributed by atoms with Crippen molar-refractivity contribution in [1.29, 1.82) is 0 Å². The Morgan fingerprint density at radius 3 is 2.84 bits per heavy atom. The molecule has 1 unspecified atom stereocenters. The van der Waals surface area contributed by atoms with Gasteiger partial charge in [-0.05, 0) is 55.7 Å². The van der Waals surface area contributed by atoms with E-state index in [1.807, 2.05) is 13.0 Å².